The molecule has 0 heterocycles. The summed E-state index contributed by atoms with van der Waals surface area (Å²) in [5.41, 5.74) is 0.994. The lowest BCUT2D eigenvalue weighted by atomic mass is 10.2. The molecule has 2 aromatic carbocycles. The van der Waals surface area contributed by atoms with Gasteiger partial charge in [0.25, 0.3) is 0 Å². The highest BCUT2D eigenvalue weighted by atomic mass is 19.4. The fourth-order valence-electron chi connectivity index (χ4n) is 2.12. The maximum absolute atomic E-state index is 13.3. The maximum atomic E-state index is 13.3. The van der Waals surface area contributed by atoms with E-state index in [-0.39, 0.29) is 23.7 Å². The number of alkyl halides is 7. The Morgan fingerprint density at radius 3 is 2.17 bits per heavy atom. The minimum Gasteiger partial charge on any atom is -0.493 e. The van der Waals surface area contributed by atoms with Crippen LogP contribution in [0.3, 0.4) is 0 Å². The van der Waals surface area contributed by atoms with Crippen molar-refractivity contribution < 1.29 is 44.6 Å². The number of nitrogens with zero attached hydrogens (tertiary/aromatic N) is 1. The molecular weight excluding hydrogens is 428 g/mol. The summed E-state index contributed by atoms with van der Waals surface area (Å²) >= 11 is 0. The zero-order valence-electron chi connectivity index (χ0n) is 15.1. The van der Waals surface area contributed by atoms with Crippen LogP contribution in [0.15, 0.2) is 47.6 Å². The van der Waals surface area contributed by atoms with Crippen molar-refractivity contribution in [2.75, 3.05) is 7.11 Å². The van der Waals surface area contributed by atoms with E-state index in [4.69, 9.17) is 9.47 Å². The van der Waals surface area contributed by atoms with Crippen LogP contribution in [0.4, 0.5) is 35.1 Å². The van der Waals surface area contributed by atoms with E-state index in [2.05, 4.69) is 5.10 Å². The normalized spacial score (nSPS) is 12.8. The van der Waals surface area contributed by atoms with Gasteiger partial charge in [0.15, 0.2) is 11.5 Å². The molecule has 30 heavy (non-hydrogen) atoms. The van der Waals surface area contributed by atoms with Gasteiger partial charge in [0, 0.05) is 5.56 Å². The molecule has 0 spiro atoms. The van der Waals surface area contributed by atoms with Gasteiger partial charge in [-0.25, -0.2) is 9.82 Å². The Morgan fingerprint density at radius 1 is 0.967 bits per heavy atom. The molecule has 0 aliphatic rings. The lowest BCUT2D eigenvalue weighted by Gasteiger charge is -2.27. The number of methoxy groups -OCH3 is 1. The fraction of sp³-hybridized carbons (Fsp3) is 0.278. The molecule has 4 nitrogen and oxygen atoms in total. The van der Waals surface area contributed by atoms with Gasteiger partial charge in [-0.15, -0.1) is 0 Å². The summed E-state index contributed by atoms with van der Waals surface area (Å²) in [6.07, 6.45) is -5.92. The molecule has 0 fully saturated rings. The predicted molar refractivity (Wildman–Crippen MR) is 90.4 cm³/mol. The van der Waals surface area contributed by atoms with E-state index in [1.54, 1.807) is 0 Å². The molecule has 2 aromatic rings. The molecule has 0 radical (unpaired) electrons. The topological polar surface area (TPSA) is 42.8 Å². The largest absolute Gasteiger partial charge is 0.493 e. The van der Waals surface area contributed by atoms with E-state index in [1.165, 1.54) is 49.6 Å². The van der Waals surface area contributed by atoms with Crippen LogP contribution >= 0.6 is 0 Å². The predicted octanol–water partition coefficient (Wildman–Crippen LogP) is 5.13. The van der Waals surface area contributed by atoms with Crippen molar-refractivity contribution in [2.24, 2.45) is 5.10 Å². The number of halogens is 8. The first-order valence-corrected chi connectivity index (χ1v) is 8.06. The van der Waals surface area contributed by atoms with Crippen molar-refractivity contribution in [2.45, 2.75) is 24.8 Å². The van der Waals surface area contributed by atoms with Gasteiger partial charge < -0.3 is 9.47 Å². The van der Waals surface area contributed by atoms with Gasteiger partial charge in [-0.2, -0.15) is 35.8 Å². The molecule has 0 aromatic heterocycles. The summed E-state index contributed by atoms with van der Waals surface area (Å²) in [5.74, 6) is -6.78. The van der Waals surface area contributed by atoms with Crippen molar-refractivity contribution in [1.29, 1.82) is 0 Å². The highest BCUT2D eigenvalue weighted by Gasteiger charge is 2.73. The molecule has 0 aliphatic carbocycles. The lowest BCUT2D eigenvalue weighted by Crippen LogP contribution is -2.58. The third kappa shape index (κ3) is 5.10. The average molecular weight is 442 g/mol. The van der Waals surface area contributed by atoms with Gasteiger partial charge in [0.05, 0.1) is 13.3 Å². The van der Waals surface area contributed by atoms with Gasteiger partial charge in [-0.1, -0.05) is 18.2 Å². The van der Waals surface area contributed by atoms with Crippen LogP contribution in [-0.2, 0) is 6.61 Å². The summed E-state index contributed by atoms with van der Waals surface area (Å²) in [7, 11) is 1.26. The van der Waals surface area contributed by atoms with Crippen LogP contribution < -0.4 is 14.9 Å². The van der Waals surface area contributed by atoms with E-state index in [1.807, 2.05) is 0 Å². The molecule has 12 heteroatoms. The second-order valence-electron chi connectivity index (χ2n) is 5.81. The summed E-state index contributed by atoms with van der Waals surface area (Å²) in [6, 6.07) is 3.57. The molecular formula is C18H14F8N2O2. The number of nitrogens with one attached hydrogen (secondary N) is 1. The Morgan fingerprint density at radius 2 is 1.60 bits per heavy atom. The minimum absolute atomic E-state index is 0.0548. The molecule has 164 valence electrons. The van der Waals surface area contributed by atoms with Crippen molar-refractivity contribution in [3.63, 3.8) is 0 Å². The second-order valence-corrected chi connectivity index (χ2v) is 5.81. The standard InChI is InChI=1S/C18H14F8N2O2/c1-29-14-4-2-3-12(15(14)30-10-11-5-7-13(19)8-6-11)9-27-28-18(25,26)16(20,21)17(22,23)24/h2-9,28H,10H2,1H3/b27-9-. The molecule has 0 saturated carbocycles. The van der Waals surface area contributed by atoms with Crippen LogP contribution in [0.2, 0.25) is 0 Å². The number of rotatable bonds is 8. The molecule has 0 unspecified atom stereocenters. The van der Waals surface area contributed by atoms with Crippen molar-refractivity contribution in [1.82, 2.24) is 5.43 Å². The highest BCUT2D eigenvalue weighted by molar-refractivity contribution is 5.84. The summed E-state index contributed by atoms with van der Waals surface area (Å²) in [6.45, 7) is -0.114. The molecule has 0 atom stereocenters. The van der Waals surface area contributed by atoms with Crippen molar-refractivity contribution in [3.8, 4) is 11.5 Å². The number of hydrogen-bond acceptors (Lipinski definition) is 4. The Balaban J connectivity index is 2.22. The Hall–Kier alpha value is -3.05. The van der Waals surface area contributed by atoms with E-state index in [0.29, 0.717) is 17.2 Å². The van der Waals surface area contributed by atoms with Gasteiger partial charge in [0.2, 0.25) is 0 Å². The molecule has 0 aliphatic heterocycles. The van der Waals surface area contributed by atoms with Crippen LogP contribution in [-0.4, -0.2) is 31.5 Å². The summed E-state index contributed by atoms with van der Waals surface area (Å²) in [4.78, 5) is 0. The monoisotopic (exact) mass is 442 g/mol. The van der Waals surface area contributed by atoms with E-state index >= 15 is 0 Å². The van der Waals surface area contributed by atoms with E-state index in [0.717, 1.165) is 0 Å². The third-order valence-corrected chi connectivity index (χ3v) is 3.68. The van der Waals surface area contributed by atoms with Gasteiger partial charge in [-0.05, 0) is 29.8 Å². The van der Waals surface area contributed by atoms with Crippen molar-refractivity contribution >= 4 is 6.21 Å². The summed E-state index contributed by atoms with van der Waals surface area (Å²) < 4.78 is 112. The molecule has 1 N–H and O–H groups in total. The molecule has 0 bridgehead atoms. The number of hydrazone groups is 1. The zero-order chi connectivity index (χ0) is 22.6. The van der Waals surface area contributed by atoms with E-state index in [9.17, 15) is 35.1 Å². The zero-order valence-corrected chi connectivity index (χ0v) is 15.1. The molecule has 0 amide bonds. The first-order valence-electron chi connectivity index (χ1n) is 8.06. The Bertz CT molecular complexity index is 883. The SMILES string of the molecule is COc1cccc(/C=N\NC(F)(F)C(F)(F)C(F)(F)F)c1OCc1ccc(F)cc1. The summed E-state index contributed by atoms with van der Waals surface area (Å²) in [5, 5.41) is 2.81. The van der Waals surface area contributed by atoms with Gasteiger partial charge >= 0.3 is 18.1 Å². The minimum atomic E-state index is -6.49. The van der Waals surface area contributed by atoms with Crippen LogP contribution in [0.5, 0.6) is 11.5 Å². The number of benzene rings is 2. The number of para-hydroxylation sites is 1. The Kier molecular flexibility index (Phi) is 6.78. The molecule has 2 rings (SSSR count). The van der Waals surface area contributed by atoms with Crippen LogP contribution in [0.1, 0.15) is 11.1 Å². The molecule has 0 saturated heterocycles. The maximum Gasteiger partial charge on any atom is 0.462 e. The second kappa shape index (κ2) is 8.76. The van der Waals surface area contributed by atoms with Crippen LogP contribution in [0.25, 0.3) is 0 Å². The average Bonchev–Trinajstić information content (AvgIpc) is 2.66. The Labute approximate surface area is 165 Å². The first-order chi connectivity index (χ1) is 13.9. The first kappa shape index (κ1) is 23.2. The van der Waals surface area contributed by atoms with Gasteiger partial charge in [0.1, 0.15) is 12.4 Å². The highest BCUT2D eigenvalue weighted by Crippen LogP contribution is 2.45. The number of hydrogen-bond donors (Lipinski definition) is 1. The quantitative estimate of drug-likeness (QED) is 0.267. The van der Waals surface area contributed by atoms with Crippen molar-refractivity contribution in [3.05, 3.63) is 59.4 Å². The lowest BCUT2D eigenvalue weighted by molar-refractivity contribution is -0.361. The number of ether oxygens (including phenoxy) is 2. The van der Waals surface area contributed by atoms with Gasteiger partial charge in [-0.3, -0.25) is 0 Å². The van der Waals surface area contributed by atoms with Crippen LogP contribution in [0, 0.1) is 5.82 Å². The smallest absolute Gasteiger partial charge is 0.462 e. The van der Waals surface area contributed by atoms with E-state index < -0.39 is 24.0 Å². The third-order valence-electron chi connectivity index (χ3n) is 3.68. The fourth-order valence-corrected chi connectivity index (χ4v) is 2.12.